The second kappa shape index (κ2) is 11.5. The van der Waals surface area contributed by atoms with Crippen LogP contribution in [0.2, 0.25) is 0 Å². The fraction of sp³-hybridized carbons (Fsp3) is 0.800. The van der Waals surface area contributed by atoms with Crippen LogP contribution >= 0.6 is 24.4 Å². The van der Waals surface area contributed by atoms with E-state index >= 15 is 0 Å². The Kier molecular flexibility index (Phi) is 13.3. The molecule has 0 saturated heterocycles. The van der Waals surface area contributed by atoms with E-state index in [4.69, 9.17) is 10.2 Å². The SMILES string of the molecule is CC(NC(O)=S)C1CCCCC1.NC(O)=S.[NaH]. The third-order valence-electron chi connectivity index (χ3n) is 2.71. The molecule has 4 nitrogen and oxygen atoms in total. The number of rotatable bonds is 2. The Morgan fingerprint density at radius 1 is 1.24 bits per heavy atom. The van der Waals surface area contributed by atoms with E-state index in [1.807, 2.05) is 0 Å². The van der Waals surface area contributed by atoms with Crippen molar-refractivity contribution in [2.45, 2.75) is 45.1 Å². The molecule has 0 spiro atoms. The van der Waals surface area contributed by atoms with Gasteiger partial charge in [-0.3, -0.25) is 0 Å². The molecule has 1 aliphatic rings. The summed E-state index contributed by atoms with van der Waals surface area (Å²) in [5.74, 6) is 0.698. The van der Waals surface area contributed by atoms with Crippen LogP contribution in [0.15, 0.2) is 0 Å². The molecule has 0 radical (unpaired) electrons. The molecule has 1 fully saturated rings. The van der Waals surface area contributed by atoms with Gasteiger partial charge in [0.25, 0.3) is 10.3 Å². The first kappa shape index (κ1) is 19.7. The van der Waals surface area contributed by atoms with Gasteiger partial charge in [0, 0.05) is 6.04 Å². The topological polar surface area (TPSA) is 78.5 Å². The van der Waals surface area contributed by atoms with Crippen LogP contribution in [0.25, 0.3) is 0 Å². The monoisotopic (exact) mass is 288 g/mol. The molecule has 96 valence electrons. The Hall–Kier alpha value is 0.380. The van der Waals surface area contributed by atoms with Crippen LogP contribution in [-0.2, 0) is 0 Å². The zero-order chi connectivity index (χ0) is 12.6. The third-order valence-corrected chi connectivity index (χ3v) is 2.83. The number of aliphatic hydroxyl groups is 2. The summed E-state index contributed by atoms with van der Waals surface area (Å²) in [6.07, 6.45) is 6.57. The van der Waals surface area contributed by atoms with Crippen molar-refractivity contribution in [1.29, 1.82) is 0 Å². The molecule has 1 aliphatic carbocycles. The summed E-state index contributed by atoms with van der Waals surface area (Å²) in [5.41, 5.74) is 4.40. The van der Waals surface area contributed by atoms with E-state index < -0.39 is 5.17 Å². The summed E-state index contributed by atoms with van der Waals surface area (Å²) >= 11 is 8.46. The minimum atomic E-state index is -0.500. The summed E-state index contributed by atoms with van der Waals surface area (Å²) in [6.45, 7) is 2.10. The molecule has 0 heterocycles. The molecule has 1 rings (SSSR count). The van der Waals surface area contributed by atoms with Crippen molar-refractivity contribution >= 4 is 64.3 Å². The van der Waals surface area contributed by atoms with Crippen LogP contribution in [0.3, 0.4) is 0 Å². The predicted octanol–water partition coefficient (Wildman–Crippen LogP) is 1.53. The van der Waals surface area contributed by atoms with E-state index in [2.05, 4.69) is 42.4 Å². The Morgan fingerprint density at radius 3 is 2.00 bits per heavy atom. The van der Waals surface area contributed by atoms with Gasteiger partial charge in [-0.05, 0) is 50.1 Å². The first-order valence-electron chi connectivity index (χ1n) is 5.41. The van der Waals surface area contributed by atoms with Crippen molar-refractivity contribution in [3.8, 4) is 0 Å². The molecule has 1 unspecified atom stereocenters. The summed E-state index contributed by atoms with van der Waals surface area (Å²) < 4.78 is 0. The molecule has 5 N–H and O–H groups in total. The molecule has 0 aromatic heterocycles. The minimum absolute atomic E-state index is 0. The van der Waals surface area contributed by atoms with Gasteiger partial charge in [0.1, 0.15) is 0 Å². The standard InChI is InChI=1S/C9H17NOS.CH3NOS.Na.H/c1-7(10-9(11)12)8-5-3-2-4-6-8;2-1(3)4;;/h7-8H,2-6H2,1H3,(H2,10,11,12);(H3,2,3,4);;. The third kappa shape index (κ3) is 12.6. The molecule has 0 bridgehead atoms. The molecule has 7 heteroatoms. The Balaban J connectivity index is 0. The molecule has 0 aliphatic heterocycles. The van der Waals surface area contributed by atoms with Crippen molar-refractivity contribution < 1.29 is 10.2 Å². The number of hydrogen-bond donors (Lipinski definition) is 4. The number of aliphatic hydroxyl groups excluding tert-OH is 2. The molecule has 0 aromatic carbocycles. The molecule has 0 amide bonds. The van der Waals surface area contributed by atoms with E-state index in [1.165, 1.54) is 32.1 Å². The molecule has 1 saturated carbocycles. The summed E-state index contributed by atoms with van der Waals surface area (Å²) in [6, 6.07) is 0.336. The average molecular weight is 288 g/mol. The molecular weight excluding hydrogens is 267 g/mol. The van der Waals surface area contributed by atoms with Gasteiger partial charge in [-0.15, -0.1) is 0 Å². The van der Waals surface area contributed by atoms with E-state index in [9.17, 15) is 0 Å². The average Bonchev–Trinajstić information content (AvgIpc) is 2.17. The van der Waals surface area contributed by atoms with Crippen LogP contribution < -0.4 is 11.1 Å². The quantitative estimate of drug-likeness (QED) is 0.456. The fourth-order valence-corrected chi connectivity index (χ4v) is 2.13. The summed E-state index contributed by atoms with van der Waals surface area (Å²) in [4.78, 5) is 0. The predicted molar refractivity (Wildman–Crippen MR) is 81.0 cm³/mol. The van der Waals surface area contributed by atoms with Crippen LogP contribution in [-0.4, -0.2) is 56.2 Å². The van der Waals surface area contributed by atoms with Gasteiger partial charge < -0.3 is 21.3 Å². The Labute approximate surface area is 136 Å². The van der Waals surface area contributed by atoms with Crippen LogP contribution in [0.1, 0.15) is 39.0 Å². The fourth-order valence-electron chi connectivity index (χ4n) is 1.95. The zero-order valence-corrected chi connectivity index (χ0v) is 11.1. The first-order valence-corrected chi connectivity index (χ1v) is 6.23. The summed E-state index contributed by atoms with van der Waals surface area (Å²) in [5, 5.41) is 18.8. The molecule has 0 aromatic rings. The maximum atomic E-state index is 8.87. The van der Waals surface area contributed by atoms with Crippen LogP contribution in [0.5, 0.6) is 0 Å². The van der Waals surface area contributed by atoms with E-state index in [1.54, 1.807) is 0 Å². The van der Waals surface area contributed by atoms with Crippen molar-refractivity contribution in [2.24, 2.45) is 11.7 Å². The maximum absolute atomic E-state index is 8.87. The van der Waals surface area contributed by atoms with Gasteiger partial charge >= 0.3 is 29.6 Å². The summed E-state index contributed by atoms with van der Waals surface area (Å²) in [7, 11) is 0. The number of thiocarbonyl (C=S) groups is 2. The van der Waals surface area contributed by atoms with E-state index in [0.717, 1.165) is 0 Å². The normalized spacial score (nSPS) is 16.8. The van der Waals surface area contributed by atoms with Gasteiger partial charge in [-0.1, -0.05) is 19.3 Å². The Morgan fingerprint density at radius 2 is 1.65 bits per heavy atom. The Bertz CT molecular complexity index is 232. The van der Waals surface area contributed by atoms with Crippen molar-refractivity contribution in [3.63, 3.8) is 0 Å². The second-order valence-electron chi connectivity index (χ2n) is 3.97. The number of hydrogen-bond acceptors (Lipinski definition) is 2. The van der Waals surface area contributed by atoms with Gasteiger partial charge in [0.05, 0.1) is 0 Å². The number of nitrogens with one attached hydrogen (secondary N) is 1. The van der Waals surface area contributed by atoms with Gasteiger partial charge in [0.2, 0.25) is 0 Å². The van der Waals surface area contributed by atoms with Gasteiger partial charge in [-0.2, -0.15) is 0 Å². The van der Waals surface area contributed by atoms with Crippen LogP contribution in [0, 0.1) is 5.92 Å². The van der Waals surface area contributed by atoms with Crippen molar-refractivity contribution in [2.75, 3.05) is 0 Å². The first-order chi connectivity index (χ1) is 7.43. The number of nitrogens with two attached hydrogens (primary N) is 1. The van der Waals surface area contributed by atoms with Gasteiger partial charge in [-0.25, -0.2) is 0 Å². The second-order valence-corrected chi connectivity index (χ2v) is 4.78. The molecule has 17 heavy (non-hydrogen) atoms. The zero-order valence-electron chi connectivity index (χ0n) is 9.48. The molecular formula is C10H21N2NaO2S2. The molecule has 1 atom stereocenters. The van der Waals surface area contributed by atoms with E-state index in [-0.39, 0.29) is 34.7 Å². The van der Waals surface area contributed by atoms with Gasteiger partial charge in [0.15, 0.2) is 0 Å². The van der Waals surface area contributed by atoms with Crippen molar-refractivity contribution in [3.05, 3.63) is 0 Å². The van der Waals surface area contributed by atoms with Crippen molar-refractivity contribution in [1.82, 2.24) is 5.32 Å². The van der Waals surface area contributed by atoms with Crippen LogP contribution in [0.4, 0.5) is 0 Å². The van der Waals surface area contributed by atoms with E-state index in [0.29, 0.717) is 12.0 Å².